The fraction of sp³-hybridized carbons (Fsp3) is 0.625. The summed E-state index contributed by atoms with van der Waals surface area (Å²) in [7, 11) is 0. The lowest BCUT2D eigenvalue weighted by atomic mass is 9.95. The van der Waals surface area contributed by atoms with Gasteiger partial charge in [0.15, 0.2) is 0 Å². The predicted molar refractivity (Wildman–Crippen MR) is 78.5 cm³/mol. The molecule has 1 aromatic carbocycles. The molecule has 0 fully saturated rings. The number of benzene rings is 1. The number of alkyl halides is 3. The van der Waals surface area contributed by atoms with Crippen molar-refractivity contribution in [2.75, 3.05) is 19.8 Å². The molecule has 1 N–H and O–H groups in total. The summed E-state index contributed by atoms with van der Waals surface area (Å²) in [6.45, 7) is 5.77. The Morgan fingerprint density at radius 3 is 2.29 bits per heavy atom. The minimum atomic E-state index is -4.25. The number of nitrogens with one attached hydrogen (secondary N) is 1. The first kappa shape index (κ1) is 18.0. The van der Waals surface area contributed by atoms with E-state index in [4.69, 9.17) is 4.74 Å². The molecule has 1 aromatic rings. The van der Waals surface area contributed by atoms with Crippen LogP contribution in [-0.2, 0) is 4.74 Å². The Morgan fingerprint density at radius 1 is 1.14 bits per heavy atom. The molecule has 5 heteroatoms. The number of ether oxygens (including phenoxy) is 1. The third-order valence-corrected chi connectivity index (χ3v) is 3.20. The highest BCUT2D eigenvalue weighted by Gasteiger charge is 2.27. The monoisotopic (exact) mass is 303 g/mol. The highest BCUT2D eigenvalue weighted by Crippen LogP contribution is 2.21. The van der Waals surface area contributed by atoms with Crippen LogP contribution in [-0.4, -0.2) is 32.0 Å². The molecular weight excluding hydrogens is 279 g/mol. The fourth-order valence-electron chi connectivity index (χ4n) is 2.02. The van der Waals surface area contributed by atoms with Crippen LogP contribution >= 0.6 is 0 Å². The quantitative estimate of drug-likeness (QED) is 0.732. The Balaban J connectivity index is 2.54. The highest BCUT2D eigenvalue weighted by molar-refractivity contribution is 5.24. The van der Waals surface area contributed by atoms with Crippen LogP contribution in [0, 0.1) is 6.92 Å². The maximum absolute atomic E-state index is 12.1. The van der Waals surface area contributed by atoms with Crippen molar-refractivity contribution in [1.82, 2.24) is 5.32 Å². The molecule has 0 aliphatic heterocycles. The van der Waals surface area contributed by atoms with Crippen LogP contribution in [0.15, 0.2) is 24.3 Å². The number of halogens is 3. The smallest absolute Gasteiger partial charge is 0.372 e. The van der Waals surface area contributed by atoms with Crippen molar-refractivity contribution in [2.45, 2.75) is 45.3 Å². The van der Waals surface area contributed by atoms with Gasteiger partial charge in [-0.05, 0) is 24.8 Å². The molecule has 2 nitrogen and oxygen atoms in total. The molecule has 21 heavy (non-hydrogen) atoms. The van der Waals surface area contributed by atoms with Gasteiger partial charge in [-0.2, -0.15) is 13.2 Å². The Hall–Kier alpha value is -1.07. The van der Waals surface area contributed by atoms with Crippen LogP contribution in [0.3, 0.4) is 0 Å². The average Bonchev–Trinajstić information content (AvgIpc) is 2.38. The summed E-state index contributed by atoms with van der Waals surface area (Å²) in [5.41, 5.74) is 2.30. The van der Waals surface area contributed by atoms with Crippen molar-refractivity contribution in [1.29, 1.82) is 0 Å². The van der Waals surface area contributed by atoms with Gasteiger partial charge < -0.3 is 10.1 Å². The second-order valence-corrected chi connectivity index (χ2v) is 5.63. The van der Waals surface area contributed by atoms with Crippen molar-refractivity contribution in [3.63, 3.8) is 0 Å². The molecule has 0 spiro atoms. The molecule has 0 aliphatic carbocycles. The Kier molecular flexibility index (Phi) is 7.18. The van der Waals surface area contributed by atoms with Gasteiger partial charge in [0.25, 0.3) is 0 Å². The second kappa shape index (κ2) is 8.39. The number of rotatable bonds is 8. The summed E-state index contributed by atoms with van der Waals surface area (Å²) in [5, 5.41) is 3.34. The maximum atomic E-state index is 12.1. The summed E-state index contributed by atoms with van der Waals surface area (Å²) in [5.74, 6) is 0.154. The third-order valence-electron chi connectivity index (χ3n) is 3.20. The van der Waals surface area contributed by atoms with Gasteiger partial charge in [-0.3, -0.25) is 0 Å². The first-order valence-corrected chi connectivity index (χ1v) is 7.22. The van der Waals surface area contributed by atoms with E-state index in [1.54, 1.807) is 0 Å². The zero-order valence-electron chi connectivity index (χ0n) is 12.8. The molecule has 0 heterocycles. The van der Waals surface area contributed by atoms with E-state index in [2.05, 4.69) is 5.32 Å². The van der Waals surface area contributed by atoms with Crippen LogP contribution < -0.4 is 5.32 Å². The van der Waals surface area contributed by atoms with Gasteiger partial charge in [-0.15, -0.1) is 0 Å². The van der Waals surface area contributed by atoms with Crippen molar-refractivity contribution >= 4 is 0 Å². The van der Waals surface area contributed by atoms with E-state index < -0.39 is 12.8 Å². The molecule has 1 atom stereocenters. The average molecular weight is 303 g/mol. The van der Waals surface area contributed by atoms with Gasteiger partial charge in [0.2, 0.25) is 0 Å². The lowest BCUT2D eigenvalue weighted by Gasteiger charge is -2.20. The molecule has 1 rings (SSSR count). The number of aryl methyl sites for hydroxylation is 1. The molecule has 120 valence electrons. The van der Waals surface area contributed by atoms with E-state index in [1.807, 2.05) is 45.0 Å². The minimum Gasteiger partial charge on any atom is -0.372 e. The minimum absolute atomic E-state index is 0.109. The molecule has 0 aliphatic rings. The van der Waals surface area contributed by atoms with Crippen LogP contribution in [0.4, 0.5) is 13.2 Å². The summed E-state index contributed by atoms with van der Waals surface area (Å²) < 4.78 is 40.9. The summed E-state index contributed by atoms with van der Waals surface area (Å²) in [6, 6.07) is 8.45. The van der Waals surface area contributed by atoms with Gasteiger partial charge in [0.05, 0.1) is 0 Å². The topological polar surface area (TPSA) is 21.3 Å². The van der Waals surface area contributed by atoms with E-state index in [1.165, 1.54) is 5.56 Å². The van der Waals surface area contributed by atoms with Crippen LogP contribution in [0.1, 0.15) is 37.3 Å². The molecule has 0 saturated heterocycles. The van der Waals surface area contributed by atoms with E-state index >= 15 is 0 Å². The Morgan fingerprint density at radius 2 is 1.76 bits per heavy atom. The third kappa shape index (κ3) is 8.07. The summed E-state index contributed by atoms with van der Waals surface area (Å²) in [4.78, 5) is 0. The van der Waals surface area contributed by atoms with Crippen molar-refractivity contribution in [2.24, 2.45) is 0 Å². The first-order chi connectivity index (χ1) is 9.78. The molecule has 0 radical (unpaired) electrons. The number of hydrogen-bond acceptors (Lipinski definition) is 2. The van der Waals surface area contributed by atoms with E-state index in [9.17, 15) is 13.2 Å². The van der Waals surface area contributed by atoms with Gasteiger partial charge in [0.1, 0.15) is 6.61 Å². The molecule has 1 unspecified atom stereocenters. The maximum Gasteiger partial charge on any atom is 0.411 e. The fourth-order valence-corrected chi connectivity index (χ4v) is 2.02. The largest absolute Gasteiger partial charge is 0.411 e. The van der Waals surface area contributed by atoms with Gasteiger partial charge in [-0.1, -0.05) is 43.7 Å². The van der Waals surface area contributed by atoms with Gasteiger partial charge in [0, 0.05) is 19.2 Å². The van der Waals surface area contributed by atoms with Crippen LogP contribution in [0.25, 0.3) is 0 Å². The number of hydrogen-bond donors (Lipinski definition) is 1. The predicted octanol–water partition coefficient (Wildman–Crippen LogP) is 4.05. The second-order valence-electron chi connectivity index (χ2n) is 5.63. The highest BCUT2D eigenvalue weighted by atomic mass is 19.4. The lowest BCUT2D eigenvalue weighted by molar-refractivity contribution is -0.174. The molecule has 0 saturated carbocycles. The SMILES string of the molecule is Cc1ccc(C(CCOCC(F)(F)F)CNC(C)C)cc1. The first-order valence-electron chi connectivity index (χ1n) is 7.22. The molecule has 0 bridgehead atoms. The van der Waals surface area contributed by atoms with E-state index in [0.717, 1.165) is 12.1 Å². The van der Waals surface area contributed by atoms with Crippen molar-refractivity contribution in [3.8, 4) is 0 Å². The van der Waals surface area contributed by atoms with Crippen LogP contribution in [0.5, 0.6) is 0 Å². The summed E-state index contributed by atoms with van der Waals surface area (Å²) in [6.07, 6.45) is -3.69. The molecular formula is C16H24F3NO. The zero-order valence-corrected chi connectivity index (χ0v) is 12.8. The van der Waals surface area contributed by atoms with Crippen molar-refractivity contribution < 1.29 is 17.9 Å². The van der Waals surface area contributed by atoms with Crippen LogP contribution in [0.2, 0.25) is 0 Å². The lowest BCUT2D eigenvalue weighted by Crippen LogP contribution is -2.29. The van der Waals surface area contributed by atoms with Crippen molar-refractivity contribution in [3.05, 3.63) is 35.4 Å². The normalized spacial score (nSPS) is 13.7. The van der Waals surface area contributed by atoms with Gasteiger partial charge in [-0.25, -0.2) is 0 Å². The van der Waals surface area contributed by atoms with E-state index in [0.29, 0.717) is 12.5 Å². The van der Waals surface area contributed by atoms with Gasteiger partial charge >= 0.3 is 6.18 Å². The molecule has 0 amide bonds. The zero-order chi connectivity index (χ0) is 15.9. The summed E-state index contributed by atoms with van der Waals surface area (Å²) >= 11 is 0. The Bertz CT molecular complexity index is 401. The standard InChI is InChI=1S/C16H24F3NO/c1-12(2)20-10-15(8-9-21-11-16(17,18)19)14-6-4-13(3)5-7-14/h4-7,12,15,20H,8-11H2,1-3H3. The molecule has 0 aromatic heterocycles. The Labute approximate surface area is 124 Å². The van der Waals surface area contributed by atoms with E-state index in [-0.39, 0.29) is 12.5 Å².